The summed E-state index contributed by atoms with van der Waals surface area (Å²) in [5.74, 6) is 2.41. The van der Waals surface area contributed by atoms with Crippen LogP contribution in [0.3, 0.4) is 0 Å². The molecule has 0 aliphatic heterocycles. The molecule has 0 fully saturated rings. The van der Waals surface area contributed by atoms with Gasteiger partial charge in [-0.1, -0.05) is 18.9 Å². The monoisotopic (exact) mass is 294 g/mol. The number of rotatable bonds is 6. The van der Waals surface area contributed by atoms with Crippen molar-refractivity contribution in [1.29, 1.82) is 0 Å². The predicted molar refractivity (Wildman–Crippen MR) is 81.7 cm³/mol. The molecule has 20 heavy (non-hydrogen) atoms. The molecule has 0 aliphatic carbocycles. The fourth-order valence-electron chi connectivity index (χ4n) is 2.06. The van der Waals surface area contributed by atoms with Gasteiger partial charge in [0.25, 0.3) is 0 Å². The standard InChI is InChI=1S/C15H22N2O2S/c1-5-7-17(8-6-2)20(18,19)15-10-14(11-16)9-12(3)13(15)4/h1,9-10H,6-8,11,16H2,2-4H3. The quantitative estimate of drug-likeness (QED) is 0.814. The normalized spacial score (nSPS) is 11.6. The Morgan fingerprint density at radius 1 is 1.35 bits per heavy atom. The number of hydrogen-bond donors (Lipinski definition) is 1. The molecule has 0 bridgehead atoms. The van der Waals surface area contributed by atoms with Crippen molar-refractivity contribution >= 4 is 10.0 Å². The Kier molecular flexibility index (Phi) is 5.75. The predicted octanol–water partition coefficient (Wildman–Crippen LogP) is 1.80. The van der Waals surface area contributed by atoms with E-state index >= 15 is 0 Å². The van der Waals surface area contributed by atoms with E-state index in [9.17, 15) is 8.42 Å². The van der Waals surface area contributed by atoms with Gasteiger partial charge in [0, 0.05) is 13.1 Å². The van der Waals surface area contributed by atoms with E-state index in [1.165, 1.54) is 4.31 Å². The van der Waals surface area contributed by atoms with E-state index in [-0.39, 0.29) is 6.54 Å². The number of hydrogen-bond acceptors (Lipinski definition) is 3. The molecule has 4 nitrogen and oxygen atoms in total. The molecule has 0 heterocycles. The summed E-state index contributed by atoms with van der Waals surface area (Å²) >= 11 is 0. The van der Waals surface area contributed by atoms with Crippen LogP contribution in [0.2, 0.25) is 0 Å². The van der Waals surface area contributed by atoms with Crippen LogP contribution in [0.25, 0.3) is 0 Å². The van der Waals surface area contributed by atoms with E-state index in [1.54, 1.807) is 6.07 Å². The van der Waals surface area contributed by atoms with E-state index < -0.39 is 10.0 Å². The minimum Gasteiger partial charge on any atom is -0.326 e. The molecule has 1 rings (SSSR count). The van der Waals surface area contributed by atoms with Crippen molar-refractivity contribution in [1.82, 2.24) is 4.31 Å². The lowest BCUT2D eigenvalue weighted by atomic mass is 10.1. The van der Waals surface area contributed by atoms with Crippen LogP contribution >= 0.6 is 0 Å². The van der Waals surface area contributed by atoms with Gasteiger partial charge in [0.05, 0.1) is 11.4 Å². The molecule has 0 atom stereocenters. The smallest absolute Gasteiger partial charge is 0.244 e. The van der Waals surface area contributed by atoms with Crippen LogP contribution in [0.1, 0.15) is 30.0 Å². The highest BCUT2D eigenvalue weighted by molar-refractivity contribution is 7.89. The van der Waals surface area contributed by atoms with E-state index in [0.717, 1.165) is 23.1 Å². The second-order valence-electron chi connectivity index (χ2n) is 4.78. The number of sulfonamides is 1. The van der Waals surface area contributed by atoms with Crippen molar-refractivity contribution in [2.75, 3.05) is 13.1 Å². The van der Waals surface area contributed by atoms with Crippen molar-refractivity contribution in [3.8, 4) is 12.3 Å². The van der Waals surface area contributed by atoms with Crippen molar-refractivity contribution in [3.63, 3.8) is 0 Å². The van der Waals surface area contributed by atoms with Crippen LogP contribution < -0.4 is 5.73 Å². The Bertz CT molecular complexity index is 615. The number of nitrogens with two attached hydrogens (primary N) is 1. The SMILES string of the molecule is C#CCN(CCC)S(=O)(=O)c1cc(CN)cc(C)c1C. The summed E-state index contributed by atoms with van der Waals surface area (Å²) in [6.45, 7) is 6.43. The first-order valence-electron chi connectivity index (χ1n) is 6.62. The summed E-state index contributed by atoms with van der Waals surface area (Å²) in [4.78, 5) is 0.307. The Morgan fingerprint density at radius 2 is 2.00 bits per heavy atom. The number of aryl methyl sites for hydroxylation is 1. The zero-order chi connectivity index (χ0) is 15.3. The highest BCUT2D eigenvalue weighted by Crippen LogP contribution is 2.24. The molecular weight excluding hydrogens is 272 g/mol. The van der Waals surface area contributed by atoms with Crippen molar-refractivity contribution < 1.29 is 8.42 Å². The number of benzene rings is 1. The van der Waals surface area contributed by atoms with Crippen LogP contribution in [0.15, 0.2) is 17.0 Å². The molecule has 5 heteroatoms. The van der Waals surface area contributed by atoms with Crippen molar-refractivity contribution in [3.05, 3.63) is 28.8 Å². The summed E-state index contributed by atoms with van der Waals surface area (Å²) in [7, 11) is -3.58. The molecule has 0 aromatic heterocycles. The zero-order valence-corrected chi connectivity index (χ0v) is 13.1. The summed E-state index contributed by atoms with van der Waals surface area (Å²) in [5, 5.41) is 0. The second-order valence-corrected chi connectivity index (χ2v) is 6.69. The highest BCUT2D eigenvalue weighted by atomic mass is 32.2. The van der Waals surface area contributed by atoms with E-state index in [1.807, 2.05) is 26.8 Å². The molecule has 0 spiro atoms. The fourth-order valence-corrected chi connectivity index (χ4v) is 3.85. The third-order valence-electron chi connectivity index (χ3n) is 3.27. The summed E-state index contributed by atoms with van der Waals surface area (Å²) in [5.41, 5.74) is 8.11. The minimum absolute atomic E-state index is 0.0848. The number of terminal acetylenes is 1. The maximum Gasteiger partial charge on any atom is 0.244 e. The molecule has 110 valence electrons. The third-order valence-corrected chi connectivity index (χ3v) is 5.25. The molecule has 0 amide bonds. The third kappa shape index (κ3) is 3.40. The Hall–Kier alpha value is -1.35. The Labute approximate surface area is 122 Å². The highest BCUT2D eigenvalue weighted by Gasteiger charge is 2.25. The molecule has 0 saturated heterocycles. The van der Waals surface area contributed by atoms with Gasteiger partial charge in [0.1, 0.15) is 0 Å². The van der Waals surface area contributed by atoms with E-state index in [2.05, 4.69) is 5.92 Å². The maximum absolute atomic E-state index is 12.7. The summed E-state index contributed by atoms with van der Waals surface area (Å²) < 4.78 is 26.8. The molecular formula is C15H22N2O2S. The Morgan fingerprint density at radius 3 is 2.50 bits per heavy atom. The molecule has 0 saturated carbocycles. The first-order valence-corrected chi connectivity index (χ1v) is 8.06. The van der Waals surface area contributed by atoms with Crippen LogP contribution in [-0.2, 0) is 16.6 Å². The van der Waals surface area contributed by atoms with Crippen LogP contribution in [0, 0.1) is 26.2 Å². The lowest BCUT2D eigenvalue weighted by molar-refractivity contribution is 0.445. The maximum atomic E-state index is 12.7. The Balaban J connectivity index is 3.40. The van der Waals surface area contributed by atoms with Gasteiger partial charge < -0.3 is 5.73 Å². The van der Waals surface area contributed by atoms with Gasteiger partial charge in [-0.2, -0.15) is 4.31 Å². The molecule has 2 N–H and O–H groups in total. The largest absolute Gasteiger partial charge is 0.326 e. The first-order chi connectivity index (χ1) is 9.38. The minimum atomic E-state index is -3.58. The van der Waals surface area contributed by atoms with Gasteiger partial charge in [-0.3, -0.25) is 0 Å². The summed E-state index contributed by atoms with van der Waals surface area (Å²) in [6, 6.07) is 3.57. The number of nitrogens with zero attached hydrogens (tertiary/aromatic N) is 1. The van der Waals surface area contributed by atoms with Gasteiger partial charge in [0.15, 0.2) is 0 Å². The van der Waals surface area contributed by atoms with Gasteiger partial charge in [-0.05, 0) is 43.0 Å². The van der Waals surface area contributed by atoms with Gasteiger partial charge in [-0.15, -0.1) is 6.42 Å². The van der Waals surface area contributed by atoms with Gasteiger partial charge in [-0.25, -0.2) is 8.42 Å². The zero-order valence-electron chi connectivity index (χ0n) is 12.3. The van der Waals surface area contributed by atoms with E-state index in [0.29, 0.717) is 18.0 Å². The first kappa shape index (κ1) is 16.7. The average Bonchev–Trinajstić information content (AvgIpc) is 2.41. The van der Waals surface area contributed by atoms with E-state index in [4.69, 9.17) is 12.2 Å². The van der Waals surface area contributed by atoms with Crippen LogP contribution in [0.5, 0.6) is 0 Å². The summed E-state index contributed by atoms with van der Waals surface area (Å²) in [6.07, 6.45) is 6.00. The van der Waals surface area contributed by atoms with Gasteiger partial charge >= 0.3 is 0 Å². The molecule has 0 aliphatic rings. The second kappa shape index (κ2) is 6.89. The van der Waals surface area contributed by atoms with Gasteiger partial charge in [0.2, 0.25) is 10.0 Å². The molecule has 0 unspecified atom stereocenters. The van der Waals surface area contributed by atoms with Crippen molar-refractivity contribution in [2.24, 2.45) is 5.73 Å². The molecule has 1 aromatic rings. The fraction of sp³-hybridized carbons (Fsp3) is 0.467. The lowest BCUT2D eigenvalue weighted by Gasteiger charge is -2.21. The van der Waals surface area contributed by atoms with Crippen LogP contribution in [0.4, 0.5) is 0 Å². The molecule has 1 aromatic carbocycles. The van der Waals surface area contributed by atoms with Crippen LogP contribution in [-0.4, -0.2) is 25.8 Å². The molecule has 0 radical (unpaired) electrons. The lowest BCUT2D eigenvalue weighted by Crippen LogP contribution is -2.33. The van der Waals surface area contributed by atoms with Crippen molar-refractivity contribution in [2.45, 2.75) is 38.6 Å². The average molecular weight is 294 g/mol. The topological polar surface area (TPSA) is 63.4 Å².